The van der Waals surface area contributed by atoms with Gasteiger partial charge in [-0.2, -0.15) is 0 Å². The summed E-state index contributed by atoms with van der Waals surface area (Å²) >= 11 is 0. The van der Waals surface area contributed by atoms with Crippen molar-refractivity contribution in [3.05, 3.63) is 24.2 Å². The third-order valence-electron chi connectivity index (χ3n) is 3.57. The predicted molar refractivity (Wildman–Crippen MR) is 61.7 cm³/mol. The summed E-state index contributed by atoms with van der Waals surface area (Å²) in [4.78, 5) is 0. The van der Waals surface area contributed by atoms with Gasteiger partial charge in [0.15, 0.2) is 0 Å². The molecule has 1 aromatic heterocycles. The highest BCUT2D eigenvalue weighted by Crippen LogP contribution is 2.29. The molecule has 15 heavy (non-hydrogen) atoms. The maximum absolute atomic E-state index is 5.40. The van der Waals surface area contributed by atoms with Crippen LogP contribution in [-0.2, 0) is 0 Å². The van der Waals surface area contributed by atoms with Crippen LogP contribution in [0.25, 0.3) is 0 Å². The first-order valence-electron chi connectivity index (χ1n) is 6.09. The molecule has 0 radical (unpaired) electrons. The molecule has 1 aromatic rings. The minimum absolute atomic E-state index is 0.348. The van der Waals surface area contributed by atoms with Gasteiger partial charge in [0, 0.05) is 6.04 Å². The molecule has 84 valence electrons. The van der Waals surface area contributed by atoms with E-state index in [1.807, 2.05) is 12.1 Å². The summed E-state index contributed by atoms with van der Waals surface area (Å²) in [6.07, 6.45) is 7.12. The molecule has 2 heteroatoms. The Labute approximate surface area is 92.1 Å². The van der Waals surface area contributed by atoms with Crippen LogP contribution in [-0.4, -0.2) is 6.04 Å². The van der Waals surface area contributed by atoms with Crippen molar-refractivity contribution in [2.24, 2.45) is 5.92 Å². The summed E-state index contributed by atoms with van der Waals surface area (Å²) in [5.74, 6) is 1.99. The topological polar surface area (TPSA) is 25.2 Å². The third-order valence-corrected chi connectivity index (χ3v) is 3.57. The highest BCUT2D eigenvalue weighted by Gasteiger charge is 2.24. The SMILES string of the molecule is CCC1CCC(N[C@@H](C)c2ccco2)C1. The first-order chi connectivity index (χ1) is 7.29. The Balaban J connectivity index is 1.83. The molecular weight excluding hydrogens is 186 g/mol. The number of hydrogen-bond acceptors (Lipinski definition) is 2. The van der Waals surface area contributed by atoms with Crippen LogP contribution in [0.15, 0.2) is 22.8 Å². The van der Waals surface area contributed by atoms with Crippen molar-refractivity contribution < 1.29 is 4.42 Å². The molecule has 2 rings (SSSR count). The Bertz CT molecular complexity index is 281. The van der Waals surface area contributed by atoms with E-state index in [-0.39, 0.29) is 0 Å². The quantitative estimate of drug-likeness (QED) is 0.817. The van der Waals surface area contributed by atoms with E-state index in [4.69, 9.17) is 4.42 Å². The standard InChI is InChI=1S/C13H21NO/c1-3-11-6-7-12(9-11)14-10(2)13-5-4-8-15-13/h4-5,8,10-12,14H,3,6-7,9H2,1-2H3/t10-,11?,12?/m0/s1. The van der Waals surface area contributed by atoms with E-state index in [1.54, 1.807) is 6.26 Å². The molecular formula is C13H21NO. The molecule has 0 spiro atoms. The Hall–Kier alpha value is -0.760. The molecule has 1 fully saturated rings. The van der Waals surface area contributed by atoms with Gasteiger partial charge in [0.1, 0.15) is 5.76 Å². The molecule has 1 aliphatic carbocycles. The monoisotopic (exact) mass is 207 g/mol. The normalized spacial score (nSPS) is 28.1. The molecule has 1 N–H and O–H groups in total. The van der Waals surface area contributed by atoms with Crippen LogP contribution < -0.4 is 5.32 Å². The van der Waals surface area contributed by atoms with Gasteiger partial charge in [-0.3, -0.25) is 0 Å². The first-order valence-corrected chi connectivity index (χ1v) is 6.09. The van der Waals surface area contributed by atoms with Crippen LogP contribution in [0.3, 0.4) is 0 Å². The van der Waals surface area contributed by atoms with Crippen LogP contribution in [0.4, 0.5) is 0 Å². The Morgan fingerprint density at radius 2 is 2.40 bits per heavy atom. The summed E-state index contributed by atoms with van der Waals surface area (Å²) in [5.41, 5.74) is 0. The van der Waals surface area contributed by atoms with Crippen molar-refractivity contribution in [3.63, 3.8) is 0 Å². The van der Waals surface area contributed by atoms with Gasteiger partial charge in [0.2, 0.25) is 0 Å². The fraction of sp³-hybridized carbons (Fsp3) is 0.692. The van der Waals surface area contributed by atoms with Gasteiger partial charge < -0.3 is 9.73 Å². The Kier molecular flexibility index (Phi) is 3.47. The zero-order chi connectivity index (χ0) is 10.7. The van der Waals surface area contributed by atoms with Crippen molar-refractivity contribution in [1.29, 1.82) is 0 Å². The van der Waals surface area contributed by atoms with E-state index >= 15 is 0 Å². The smallest absolute Gasteiger partial charge is 0.120 e. The molecule has 1 heterocycles. The maximum Gasteiger partial charge on any atom is 0.120 e. The third kappa shape index (κ3) is 2.63. The summed E-state index contributed by atoms with van der Waals surface area (Å²) < 4.78 is 5.40. The first kappa shape index (κ1) is 10.7. The van der Waals surface area contributed by atoms with Gasteiger partial charge in [0.05, 0.1) is 12.3 Å². The lowest BCUT2D eigenvalue weighted by atomic mass is 10.1. The van der Waals surface area contributed by atoms with E-state index in [9.17, 15) is 0 Å². The van der Waals surface area contributed by atoms with Gasteiger partial charge in [-0.05, 0) is 44.2 Å². The fourth-order valence-corrected chi connectivity index (χ4v) is 2.57. The molecule has 0 aliphatic heterocycles. The number of furan rings is 1. The lowest BCUT2D eigenvalue weighted by Crippen LogP contribution is -2.29. The van der Waals surface area contributed by atoms with Crippen molar-refractivity contribution in [3.8, 4) is 0 Å². The van der Waals surface area contributed by atoms with Crippen LogP contribution in [0, 0.1) is 5.92 Å². The molecule has 1 saturated carbocycles. The highest BCUT2D eigenvalue weighted by atomic mass is 16.3. The molecule has 0 aromatic carbocycles. The molecule has 0 saturated heterocycles. The summed E-state index contributed by atoms with van der Waals surface area (Å²) in [5, 5.41) is 3.65. The highest BCUT2D eigenvalue weighted by molar-refractivity contribution is 5.03. The van der Waals surface area contributed by atoms with Crippen molar-refractivity contribution in [2.75, 3.05) is 0 Å². The van der Waals surface area contributed by atoms with Gasteiger partial charge >= 0.3 is 0 Å². The Morgan fingerprint density at radius 3 is 3.00 bits per heavy atom. The number of nitrogens with one attached hydrogen (secondary N) is 1. The van der Waals surface area contributed by atoms with E-state index in [0.717, 1.165) is 11.7 Å². The van der Waals surface area contributed by atoms with Gasteiger partial charge in [-0.25, -0.2) is 0 Å². The fourth-order valence-electron chi connectivity index (χ4n) is 2.57. The number of hydrogen-bond donors (Lipinski definition) is 1. The maximum atomic E-state index is 5.40. The van der Waals surface area contributed by atoms with E-state index in [2.05, 4.69) is 19.2 Å². The van der Waals surface area contributed by atoms with Crippen LogP contribution in [0.1, 0.15) is 51.3 Å². The molecule has 3 atom stereocenters. The van der Waals surface area contributed by atoms with Crippen molar-refractivity contribution in [1.82, 2.24) is 5.32 Å². The van der Waals surface area contributed by atoms with Crippen molar-refractivity contribution in [2.45, 2.75) is 51.6 Å². The summed E-state index contributed by atoms with van der Waals surface area (Å²) in [6.45, 7) is 4.47. The second-order valence-corrected chi connectivity index (χ2v) is 4.69. The second kappa shape index (κ2) is 4.84. The van der Waals surface area contributed by atoms with Gasteiger partial charge in [0.25, 0.3) is 0 Å². The predicted octanol–water partition coefficient (Wildman–Crippen LogP) is 3.51. The number of rotatable bonds is 4. The zero-order valence-electron chi connectivity index (χ0n) is 9.70. The minimum atomic E-state index is 0.348. The Morgan fingerprint density at radius 1 is 1.53 bits per heavy atom. The molecule has 2 unspecified atom stereocenters. The average molecular weight is 207 g/mol. The largest absolute Gasteiger partial charge is 0.468 e. The second-order valence-electron chi connectivity index (χ2n) is 4.69. The van der Waals surface area contributed by atoms with Crippen LogP contribution in [0.2, 0.25) is 0 Å². The minimum Gasteiger partial charge on any atom is -0.468 e. The van der Waals surface area contributed by atoms with Crippen LogP contribution >= 0.6 is 0 Å². The van der Waals surface area contributed by atoms with Crippen molar-refractivity contribution >= 4 is 0 Å². The summed E-state index contributed by atoms with van der Waals surface area (Å²) in [7, 11) is 0. The van der Waals surface area contributed by atoms with Gasteiger partial charge in [-0.1, -0.05) is 13.3 Å². The average Bonchev–Trinajstić information content (AvgIpc) is 2.87. The van der Waals surface area contributed by atoms with E-state index in [0.29, 0.717) is 12.1 Å². The zero-order valence-corrected chi connectivity index (χ0v) is 9.70. The van der Waals surface area contributed by atoms with E-state index < -0.39 is 0 Å². The molecule has 2 nitrogen and oxygen atoms in total. The summed E-state index contributed by atoms with van der Waals surface area (Å²) in [6, 6.07) is 5.04. The van der Waals surface area contributed by atoms with Crippen LogP contribution in [0.5, 0.6) is 0 Å². The lowest BCUT2D eigenvalue weighted by molar-refractivity contribution is 0.382. The molecule has 0 bridgehead atoms. The van der Waals surface area contributed by atoms with Gasteiger partial charge in [-0.15, -0.1) is 0 Å². The molecule has 1 aliphatic rings. The van der Waals surface area contributed by atoms with E-state index in [1.165, 1.54) is 25.7 Å². The lowest BCUT2D eigenvalue weighted by Gasteiger charge is -2.17. The molecule has 0 amide bonds.